The van der Waals surface area contributed by atoms with E-state index in [1.54, 1.807) is 0 Å². The molecule has 3 nitrogen and oxygen atoms in total. The van der Waals surface area contributed by atoms with Crippen LogP contribution in [-0.4, -0.2) is 31.4 Å². The summed E-state index contributed by atoms with van der Waals surface area (Å²) < 4.78 is 6.74. The maximum absolute atomic E-state index is 14.7. The van der Waals surface area contributed by atoms with Gasteiger partial charge < -0.3 is 9.84 Å². The van der Waals surface area contributed by atoms with Crippen molar-refractivity contribution in [3.8, 4) is 0 Å². The highest BCUT2D eigenvalue weighted by molar-refractivity contribution is 6.76. The highest BCUT2D eigenvalue weighted by Gasteiger charge is 2.50. The third-order valence-corrected chi connectivity index (χ3v) is 11.7. The van der Waals surface area contributed by atoms with Gasteiger partial charge in [0, 0.05) is 14.0 Å². The molecule has 0 spiro atoms. The van der Waals surface area contributed by atoms with Gasteiger partial charge in [-0.25, -0.2) is 0 Å². The fourth-order valence-corrected chi connectivity index (χ4v) is 9.67. The Morgan fingerprint density at radius 2 is 1.56 bits per heavy atom. The lowest BCUT2D eigenvalue weighted by molar-refractivity contribution is -0.171. The van der Waals surface area contributed by atoms with E-state index in [0.717, 1.165) is 51.0 Å². The molecule has 0 amide bonds. The molecule has 0 heterocycles. The van der Waals surface area contributed by atoms with E-state index in [2.05, 4.69) is 96.7 Å². The summed E-state index contributed by atoms with van der Waals surface area (Å²) in [6, 6.07) is 11.5. The lowest BCUT2D eigenvalue weighted by atomic mass is 9.64. The zero-order valence-corrected chi connectivity index (χ0v) is 30.4. The molecule has 1 saturated carbocycles. The normalized spacial score (nSPS) is 21.9. The van der Waals surface area contributed by atoms with E-state index in [-0.39, 0.29) is 23.4 Å². The van der Waals surface area contributed by atoms with Crippen LogP contribution in [0.5, 0.6) is 0 Å². The number of hydrogen-bond acceptors (Lipinski definition) is 3. The fourth-order valence-electron chi connectivity index (χ4n) is 7.41. The first-order valence-electron chi connectivity index (χ1n) is 18.0. The SMILES string of the molecule is CCCCCC/C=C/[C@@](C[Si](C)(C)C)(C(=O)O[C@@H]1C[C@H](C)CC[C@H]1C(C)(C)c1ccccc1)[C@@H](O)CCCCCCCC. The monoisotopic (exact) mass is 612 g/mol. The first-order valence-corrected chi connectivity index (χ1v) is 21.7. The summed E-state index contributed by atoms with van der Waals surface area (Å²) in [6.45, 7) is 18.4. The molecule has 1 N–H and O–H groups in total. The van der Waals surface area contributed by atoms with E-state index in [9.17, 15) is 9.90 Å². The molecule has 0 aliphatic heterocycles. The van der Waals surface area contributed by atoms with Crippen LogP contribution in [0.15, 0.2) is 42.5 Å². The first-order chi connectivity index (χ1) is 20.4. The Labute approximate surface area is 267 Å². The van der Waals surface area contributed by atoms with Gasteiger partial charge in [-0.15, -0.1) is 0 Å². The van der Waals surface area contributed by atoms with E-state index in [4.69, 9.17) is 4.74 Å². The average Bonchev–Trinajstić information content (AvgIpc) is 2.95. The van der Waals surface area contributed by atoms with Crippen LogP contribution in [0.3, 0.4) is 0 Å². The highest BCUT2D eigenvalue weighted by atomic mass is 28.3. The van der Waals surface area contributed by atoms with Crippen molar-refractivity contribution in [2.75, 3.05) is 0 Å². The molecule has 246 valence electrons. The van der Waals surface area contributed by atoms with E-state index < -0.39 is 19.6 Å². The number of hydrogen-bond donors (Lipinski definition) is 1. The topological polar surface area (TPSA) is 46.5 Å². The van der Waals surface area contributed by atoms with Crippen LogP contribution in [0.2, 0.25) is 25.7 Å². The number of rotatable bonds is 20. The molecular weight excluding hydrogens is 545 g/mol. The molecule has 0 unspecified atom stereocenters. The van der Waals surface area contributed by atoms with Crippen molar-refractivity contribution in [2.45, 2.75) is 174 Å². The number of benzene rings is 1. The summed E-state index contributed by atoms with van der Waals surface area (Å²) in [5.74, 6) is 0.591. The van der Waals surface area contributed by atoms with Crippen molar-refractivity contribution in [1.82, 2.24) is 0 Å². The van der Waals surface area contributed by atoms with Gasteiger partial charge in [-0.2, -0.15) is 0 Å². The minimum absolute atomic E-state index is 0.111. The Morgan fingerprint density at radius 1 is 0.953 bits per heavy atom. The van der Waals surface area contributed by atoms with Gasteiger partial charge in [-0.3, -0.25) is 4.79 Å². The summed E-state index contributed by atoms with van der Waals surface area (Å²) >= 11 is 0. The standard InChI is InChI=1S/C39H68O3Si/c1-9-11-13-15-17-22-26-36(40)39(31-43(6,7)8,29-23-18-16-14-12-10-2)37(41)42-35-30-32(3)27-28-34(35)38(4,5)33-24-20-19-21-25-33/h19-21,23-25,29,32,34-36,40H,9-18,22,26-28,30-31H2,1-8H3/b29-23+/t32-,34-,35-,36+,39+/m1/s1. The van der Waals surface area contributed by atoms with Gasteiger partial charge in [0.15, 0.2) is 0 Å². The molecule has 0 radical (unpaired) electrons. The highest BCUT2D eigenvalue weighted by Crippen LogP contribution is 2.46. The predicted octanol–water partition coefficient (Wildman–Crippen LogP) is 11.3. The maximum atomic E-state index is 14.7. The summed E-state index contributed by atoms with van der Waals surface area (Å²) in [6.07, 6.45) is 20.0. The van der Waals surface area contributed by atoms with Crippen LogP contribution in [0.1, 0.15) is 136 Å². The van der Waals surface area contributed by atoms with Gasteiger partial charge in [-0.1, -0.05) is 161 Å². The molecule has 5 atom stereocenters. The number of carbonyl (C=O) groups excluding carboxylic acids is 1. The van der Waals surface area contributed by atoms with Crippen molar-refractivity contribution in [3.05, 3.63) is 48.0 Å². The average molecular weight is 613 g/mol. The molecule has 2 rings (SSSR count). The van der Waals surface area contributed by atoms with Gasteiger partial charge in [0.05, 0.1) is 6.10 Å². The molecule has 1 aromatic rings. The predicted molar refractivity (Wildman–Crippen MR) is 188 cm³/mol. The van der Waals surface area contributed by atoms with Crippen LogP contribution in [0.25, 0.3) is 0 Å². The molecule has 1 aliphatic carbocycles. The van der Waals surface area contributed by atoms with E-state index in [1.165, 1.54) is 50.5 Å². The lowest BCUT2D eigenvalue weighted by Crippen LogP contribution is -2.50. The molecule has 0 bridgehead atoms. The zero-order chi connectivity index (χ0) is 31.9. The Hall–Kier alpha value is -1.39. The molecule has 43 heavy (non-hydrogen) atoms. The fraction of sp³-hybridized carbons (Fsp3) is 0.769. The number of aliphatic hydroxyl groups excluding tert-OH is 1. The van der Waals surface area contributed by atoms with Gasteiger partial charge >= 0.3 is 5.97 Å². The number of unbranched alkanes of at least 4 members (excludes halogenated alkanes) is 9. The summed E-state index contributed by atoms with van der Waals surface area (Å²) in [5, 5.41) is 12.0. The second-order valence-electron chi connectivity index (χ2n) is 15.7. The van der Waals surface area contributed by atoms with Crippen molar-refractivity contribution in [3.63, 3.8) is 0 Å². The molecule has 0 aromatic heterocycles. The second-order valence-corrected chi connectivity index (χ2v) is 21.1. The van der Waals surface area contributed by atoms with Crippen molar-refractivity contribution < 1.29 is 14.6 Å². The lowest BCUT2D eigenvalue weighted by Gasteiger charge is -2.46. The second kappa shape index (κ2) is 18.5. The molecule has 1 fully saturated rings. The number of carbonyl (C=O) groups is 1. The van der Waals surface area contributed by atoms with Crippen molar-refractivity contribution in [1.29, 1.82) is 0 Å². The van der Waals surface area contributed by atoms with Crippen molar-refractivity contribution in [2.24, 2.45) is 17.3 Å². The van der Waals surface area contributed by atoms with Crippen LogP contribution < -0.4 is 0 Å². The zero-order valence-electron chi connectivity index (χ0n) is 29.4. The molecule has 1 aromatic carbocycles. The number of allylic oxidation sites excluding steroid dienone is 1. The number of ether oxygens (including phenoxy) is 1. The molecule has 1 aliphatic rings. The molecular formula is C39H68O3Si. The maximum Gasteiger partial charge on any atom is 0.318 e. The van der Waals surface area contributed by atoms with Crippen molar-refractivity contribution >= 4 is 14.0 Å². The quantitative estimate of drug-likeness (QED) is 0.0689. The Morgan fingerprint density at radius 3 is 2.19 bits per heavy atom. The Balaban J connectivity index is 2.39. The smallest absolute Gasteiger partial charge is 0.318 e. The minimum Gasteiger partial charge on any atom is -0.461 e. The third-order valence-electron chi connectivity index (χ3n) is 10.0. The largest absolute Gasteiger partial charge is 0.461 e. The Kier molecular flexibility index (Phi) is 16.3. The van der Waals surface area contributed by atoms with Crippen LogP contribution >= 0.6 is 0 Å². The van der Waals surface area contributed by atoms with E-state index in [0.29, 0.717) is 12.3 Å². The summed E-state index contributed by atoms with van der Waals surface area (Å²) in [4.78, 5) is 14.7. The molecule has 4 heteroatoms. The Bertz CT molecular complexity index is 934. The van der Waals surface area contributed by atoms with E-state index >= 15 is 0 Å². The van der Waals surface area contributed by atoms with Gasteiger partial charge in [0.1, 0.15) is 11.5 Å². The van der Waals surface area contributed by atoms with E-state index in [1.807, 2.05) is 0 Å². The third kappa shape index (κ3) is 12.1. The van der Waals surface area contributed by atoms with Crippen LogP contribution in [0.4, 0.5) is 0 Å². The van der Waals surface area contributed by atoms with Gasteiger partial charge in [0.25, 0.3) is 0 Å². The molecule has 0 saturated heterocycles. The summed E-state index contributed by atoms with van der Waals surface area (Å²) in [7, 11) is -1.76. The number of esters is 1. The van der Waals surface area contributed by atoms with Crippen LogP contribution in [-0.2, 0) is 14.9 Å². The van der Waals surface area contributed by atoms with Gasteiger partial charge in [-0.05, 0) is 55.0 Å². The number of aliphatic hydroxyl groups is 1. The first kappa shape index (κ1) is 37.8. The van der Waals surface area contributed by atoms with Crippen LogP contribution in [0, 0.1) is 17.3 Å². The summed E-state index contributed by atoms with van der Waals surface area (Å²) in [5.41, 5.74) is 0.222. The van der Waals surface area contributed by atoms with Gasteiger partial charge in [0.2, 0.25) is 0 Å². The minimum atomic E-state index is -1.76.